The SMILES string of the molecule is CN=C(NCCO[Si](c1ccccc1)(c1ccccc1)C(C)(C)C)NCCO[Si](c1ccccc1)(c1ccccc1)C(C)(C)C. The number of hydrogen-bond acceptors (Lipinski definition) is 3. The minimum absolute atomic E-state index is 0.0616. The van der Waals surface area contributed by atoms with Crippen LogP contribution in [-0.4, -0.2) is 55.9 Å². The normalized spacial score (nSPS) is 12.4. The Labute approximate surface area is 273 Å². The number of nitrogens with one attached hydrogen (secondary N) is 2. The number of aliphatic imine (C=N–C) groups is 1. The van der Waals surface area contributed by atoms with Gasteiger partial charge in [-0.25, -0.2) is 0 Å². The van der Waals surface area contributed by atoms with Crippen LogP contribution in [0.15, 0.2) is 126 Å². The highest BCUT2D eigenvalue weighted by Gasteiger charge is 2.51. The van der Waals surface area contributed by atoms with Crippen molar-refractivity contribution >= 4 is 43.3 Å². The molecule has 0 heterocycles. The van der Waals surface area contributed by atoms with E-state index in [1.54, 1.807) is 7.05 Å². The lowest BCUT2D eigenvalue weighted by Crippen LogP contribution is -2.67. The summed E-state index contributed by atoms with van der Waals surface area (Å²) in [5.74, 6) is 0.743. The number of benzene rings is 4. The van der Waals surface area contributed by atoms with Crippen LogP contribution in [0.25, 0.3) is 0 Å². The Morgan fingerprint density at radius 3 is 1.00 bits per heavy atom. The van der Waals surface area contributed by atoms with Crippen LogP contribution in [0.1, 0.15) is 41.5 Å². The van der Waals surface area contributed by atoms with E-state index < -0.39 is 16.6 Å². The Morgan fingerprint density at radius 1 is 0.511 bits per heavy atom. The van der Waals surface area contributed by atoms with Crippen LogP contribution in [0.5, 0.6) is 0 Å². The van der Waals surface area contributed by atoms with E-state index in [9.17, 15) is 0 Å². The van der Waals surface area contributed by atoms with Crippen LogP contribution in [0.4, 0.5) is 0 Å². The molecule has 0 aliphatic rings. The predicted octanol–water partition coefficient (Wildman–Crippen LogP) is 5.30. The van der Waals surface area contributed by atoms with Gasteiger partial charge < -0.3 is 19.5 Å². The van der Waals surface area contributed by atoms with Crippen LogP contribution in [0.3, 0.4) is 0 Å². The van der Waals surface area contributed by atoms with Gasteiger partial charge in [-0.05, 0) is 30.8 Å². The largest absolute Gasteiger partial charge is 0.406 e. The Kier molecular flexibility index (Phi) is 11.6. The molecule has 45 heavy (non-hydrogen) atoms. The molecule has 0 unspecified atom stereocenters. The molecule has 238 valence electrons. The first kappa shape index (κ1) is 34.4. The van der Waals surface area contributed by atoms with E-state index in [1.807, 2.05) is 0 Å². The van der Waals surface area contributed by atoms with Crippen molar-refractivity contribution in [3.05, 3.63) is 121 Å². The molecule has 0 saturated carbocycles. The van der Waals surface area contributed by atoms with Gasteiger partial charge in [-0.3, -0.25) is 4.99 Å². The fraction of sp³-hybridized carbons (Fsp3) is 0.342. The van der Waals surface area contributed by atoms with Gasteiger partial charge in [0.15, 0.2) is 5.96 Å². The molecule has 5 nitrogen and oxygen atoms in total. The number of guanidine groups is 1. The molecule has 0 fully saturated rings. The van der Waals surface area contributed by atoms with E-state index in [2.05, 4.69) is 178 Å². The van der Waals surface area contributed by atoms with E-state index in [4.69, 9.17) is 8.85 Å². The summed E-state index contributed by atoms with van der Waals surface area (Å²) in [6.07, 6.45) is 0. The van der Waals surface area contributed by atoms with Crippen molar-refractivity contribution in [1.82, 2.24) is 10.6 Å². The van der Waals surface area contributed by atoms with Crippen molar-refractivity contribution in [2.45, 2.75) is 51.6 Å². The van der Waals surface area contributed by atoms with Gasteiger partial charge in [0.1, 0.15) is 0 Å². The Balaban J connectivity index is 1.42. The Hall–Kier alpha value is -3.50. The van der Waals surface area contributed by atoms with E-state index in [0.29, 0.717) is 26.3 Å². The summed E-state index contributed by atoms with van der Waals surface area (Å²) >= 11 is 0. The maximum absolute atomic E-state index is 7.04. The molecule has 0 atom stereocenters. The average molecular weight is 638 g/mol. The molecule has 0 aliphatic carbocycles. The van der Waals surface area contributed by atoms with Gasteiger partial charge in [-0.15, -0.1) is 0 Å². The summed E-state index contributed by atoms with van der Waals surface area (Å²) in [6.45, 7) is 16.2. The molecule has 0 bridgehead atoms. The fourth-order valence-corrected chi connectivity index (χ4v) is 15.6. The summed E-state index contributed by atoms with van der Waals surface area (Å²) in [7, 11) is -3.36. The molecule has 0 aromatic heterocycles. The predicted molar refractivity (Wildman–Crippen MR) is 197 cm³/mol. The number of nitrogens with zero attached hydrogens (tertiary/aromatic N) is 1. The summed E-state index contributed by atoms with van der Waals surface area (Å²) in [5.41, 5.74) is 0. The minimum atomic E-state index is -2.58. The highest BCUT2D eigenvalue weighted by atomic mass is 28.4. The van der Waals surface area contributed by atoms with E-state index >= 15 is 0 Å². The lowest BCUT2D eigenvalue weighted by atomic mass is 10.2. The third-order valence-electron chi connectivity index (χ3n) is 8.48. The van der Waals surface area contributed by atoms with Gasteiger partial charge >= 0.3 is 0 Å². The van der Waals surface area contributed by atoms with E-state index in [0.717, 1.165) is 5.96 Å². The summed E-state index contributed by atoms with van der Waals surface area (Å²) in [4.78, 5) is 4.49. The third-order valence-corrected chi connectivity index (χ3v) is 18.6. The second-order valence-corrected chi connectivity index (χ2v) is 22.1. The van der Waals surface area contributed by atoms with Crippen LogP contribution >= 0.6 is 0 Å². The highest BCUT2D eigenvalue weighted by Crippen LogP contribution is 2.37. The summed E-state index contributed by atoms with van der Waals surface area (Å²) < 4.78 is 14.1. The zero-order chi connectivity index (χ0) is 32.4. The molecule has 0 spiro atoms. The first-order chi connectivity index (χ1) is 21.6. The van der Waals surface area contributed by atoms with E-state index in [-0.39, 0.29) is 10.1 Å². The van der Waals surface area contributed by atoms with Gasteiger partial charge in [-0.1, -0.05) is 163 Å². The molecular weight excluding hydrogens is 587 g/mol. The quantitative estimate of drug-likeness (QED) is 0.0958. The molecule has 2 N–H and O–H groups in total. The van der Waals surface area contributed by atoms with Gasteiger partial charge in [0.2, 0.25) is 0 Å². The maximum atomic E-state index is 7.04. The zero-order valence-corrected chi connectivity index (χ0v) is 30.1. The fourth-order valence-electron chi connectivity index (χ4n) is 6.49. The second-order valence-electron chi connectivity index (χ2n) is 13.4. The van der Waals surface area contributed by atoms with Crippen LogP contribution in [0.2, 0.25) is 10.1 Å². The van der Waals surface area contributed by atoms with Crippen molar-refractivity contribution in [2.24, 2.45) is 4.99 Å². The standard InChI is InChI=1S/C38H51N3O2Si2/c1-37(2,3)44(32-20-12-8-13-21-32,33-22-14-9-15-23-33)42-30-28-40-36(39-7)41-29-31-43-45(38(4,5)6,34-24-16-10-17-25-34)35-26-18-11-19-27-35/h8-27H,28-31H2,1-7H3,(H2,39,40,41). The number of hydrogen-bond donors (Lipinski definition) is 2. The molecule has 0 saturated heterocycles. The molecule has 4 rings (SSSR count). The first-order valence-corrected chi connectivity index (χ1v) is 19.8. The monoisotopic (exact) mass is 637 g/mol. The molecular formula is C38H51N3O2Si2. The molecule has 4 aromatic rings. The third kappa shape index (κ3) is 7.67. The van der Waals surface area contributed by atoms with Gasteiger partial charge in [-0.2, -0.15) is 0 Å². The van der Waals surface area contributed by atoms with Crippen molar-refractivity contribution in [1.29, 1.82) is 0 Å². The molecule has 4 aromatic carbocycles. The van der Waals surface area contributed by atoms with Crippen LogP contribution in [-0.2, 0) is 8.85 Å². The summed E-state index contributed by atoms with van der Waals surface area (Å²) in [6, 6.07) is 43.1. The topological polar surface area (TPSA) is 54.9 Å². The van der Waals surface area contributed by atoms with Gasteiger partial charge in [0.25, 0.3) is 16.6 Å². The lowest BCUT2D eigenvalue weighted by molar-refractivity contribution is 0.298. The van der Waals surface area contributed by atoms with E-state index in [1.165, 1.54) is 20.7 Å². The lowest BCUT2D eigenvalue weighted by Gasteiger charge is -2.43. The van der Waals surface area contributed by atoms with Crippen LogP contribution in [0, 0.1) is 0 Å². The smallest absolute Gasteiger partial charge is 0.261 e. The van der Waals surface area contributed by atoms with Gasteiger partial charge in [0.05, 0.1) is 13.2 Å². The van der Waals surface area contributed by atoms with Crippen molar-refractivity contribution in [2.75, 3.05) is 33.4 Å². The zero-order valence-electron chi connectivity index (χ0n) is 28.1. The Morgan fingerprint density at radius 2 is 0.778 bits per heavy atom. The Bertz CT molecular complexity index is 1280. The highest BCUT2D eigenvalue weighted by molar-refractivity contribution is 7.00. The van der Waals surface area contributed by atoms with Gasteiger partial charge in [0, 0.05) is 20.1 Å². The van der Waals surface area contributed by atoms with Crippen molar-refractivity contribution in [3.63, 3.8) is 0 Å². The summed E-state index contributed by atoms with van der Waals surface area (Å²) in [5, 5.41) is 12.0. The first-order valence-electron chi connectivity index (χ1n) is 16.0. The number of rotatable bonds is 12. The minimum Gasteiger partial charge on any atom is -0.406 e. The molecule has 0 radical (unpaired) electrons. The van der Waals surface area contributed by atoms with Crippen molar-refractivity contribution in [3.8, 4) is 0 Å². The maximum Gasteiger partial charge on any atom is 0.261 e. The molecule has 0 aliphatic heterocycles. The molecule has 0 amide bonds. The second kappa shape index (κ2) is 15.2. The van der Waals surface area contributed by atoms with Crippen LogP contribution < -0.4 is 31.4 Å². The van der Waals surface area contributed by atoms with Crippen molar-refractivity contribution < 1.29 is 8.85 Å². The average Bonchev–Trinajstić information content (AvgIpc) is 3.04. The molecule has 7 heteroatoms.